The molecule has 0 amide bonds. The highest BCUT2D eigenvalue weighted by molar-refractivity contribution is 5.66. The van der Waals surface area contributed by atoms with Crippen molar-refractivity contribution < 1.29 is 30.7 Å². The molecule has 5 heteroatoms. The van der Waals surface area contributed by atoms with Gasteiger partial charge in [0.1, 0.15) is 0 Å². The van der Waals surface area contributed by atoms with Gasteiger partial charge in [0.25, 0.3) is 0 Å². The van der Waals surface area contributed by atoms with Crippen LogP contribution in [0.5, 0.6) is 0 Å². The van der Waals surface area contributed by atoms with E-state index in [0.717, 1.165) is 18.1 Å². The number of hydrogen-bond donors (Lipinski definition) is 4. The van der Waals surface area contributed by atoms with Crippen LogP contribution >= 0.6 is 0 Å². The van der Waals surface area contributed by atoms with Crippen LogP contribution in [0.25, 0.3) is 0 Å². The molecular formula is C23H34O5. The summed E-state index contributed by atoms with van der Waals surface area (Å²) in [5.41, 5.74) is 1.14. The number of aryl methyl sites for hydroxylation is 1. The molecule has 156 valence electrons. The van der Waals surface area contributed by atoms with E-state index in [9.17, 15) is 20.1 Å². The lowest BCUT2D eigenvalue weighted by molar-refractivity contribution is -0.137. The molecule has 1 aromatic carbocycles. The van der Waals surface area contributed by atoms with Gasteiger partial charge in [-0.25, -0.2) is 0 Å². The van der Waals surface area contributed by atoms with Crippen LogP contribution in [0.15, 0.2) is 42.5 Å². The highest BCUT2D eigenvalue weighted by Crippen LogP contribution is 2.38. The molecule has 0 aliphatic heterocycles. The minimum atomic E-state index is -2.58. The molecule has 0 spiro atoms. The van der Waals surface area contributed by atoms with E-state index in [0.29, 0.717) is 19.3 Å². The summed E-state index contributed by atoms with van der Waals surface area (Å²) in [6.45, 7) is 0. The van der Waals surface area contributed by atoms with Crippen molar-refractivity contribution in [3.63, 3.8) is 0 Å². The summed E-state index contributed by atoms with van der Waals surface area (Å²) in [6, 6.07) is 9.84. The van der Waals surface area contributed by atoms with Gasteiger partial charge in [0.15, 0.2) is 0 Å². The Morgan fingerprint density at radius 3 is 2.57 bits per heavy atom. The number of aliphatic hydroxyl groups excluding tert-OH is 3. The van der Waals surface area contributed by atoms with Crippen LogP contribution in [-0.2, 0) is 11.2 Å². The smallest absolute Gasteiger partial charge is 0.303 e. The third kappa shape index (κ3) is 7.74. The maximum atomic E-state index is 10.8. The highest BCUT2D eigenvalue weighted by Gasteiger charge is 2.40. The highest BCUT2D eigenvalue weighted by atomic mass is 16.4. The van der Waals surface area contributed by atoms with E-state index in [4.69, 9.17) is 10.6 Å². The Kier molecular flexibility index (Phi) is 7.37. The average molecular weight is 395 g/mol. The van der Waals surface area contributed by atoms with Crippen LogP contribution < -0.4 is 0 Å². The number of carboxylic acid groups (broad SMARTS) is 1. The van der Waals surface area contributed by atoms with E-state index in [1.807, 2.05) is 30.3 Å². The van der Waals surface area contributed by atoms with Gasteiger partial charge in [-0.3, -0.25) is 4.79 Å². The van der Waals surface area contributed by atoms with Crippen LogP contribution in [-0.4, -0.2) is 44.7 Å². The zero-order valence-electron chi connectivity index (χ0n) is 20.1. The summed E-state index contributed by atoms with van der Waals surface area (Å²) in [5.74, 6) is -2.03. The van der Waals surface area contributed by atoms with E-state index >= 15 is 0 Å². The Bertz CT molecular complexity index is 756. The molecule has 0 heterocycles. The van der Waals surface area contributed by atoms with Crippen molar-refractivity contribution in [3.8, 4) is 0 Å². The maximum Gasteiger partial charge on any atom is 0.303 e. The number of aliphatic hydroxyl groups is 3. The van der Waals surface area contributed by atoms with E-state index < -0.39 is 43.4 Å². The van der Waals surface area contributed by atoms with Gasteiger partial charge < -0.3 is 20.4 Å². The molecule has 5 atom stereocenters. The topological polar surface area (TPSA) is 98.0 Å². The number of carbonyl (C=O) groups is 1. The Morgan fingerprint density at radius 2 is 1.86 bits per heavy atom. The number of aliphatic carboxylic acids is 1. The van der Waals surface area contributed by atoms with Crippen LogP contribution in [0, 0.1) is 11.8 Å². The molecule has 1 aliphatic carbocycles. The molecule has 1 fully saturated rings. The summed E-state index contributed by atoms with van der Waals surface area (Å²) in [7, 11) is 0. The molecule has 1 saturated carbocycles. The van der Waals surface area contributed by atoms with Crippen LogP contribution in [0.1, 0.15) is 62.3 Å². The van der Waals surface area contributed by atoms with Crippen molar-refractivity contribution in [3.05, 3.63) is 48.0 Å². The Hall–Kier alpha value is -1.69. The second-order valence-corrected chi connectivity index (χ2v) is 7.48. The Morgan fingerprint density at radius 1 is 1.14 bits per heavy atom. The number of carboxylic acids is 1. The van der Waals surface area contributed by atoms with Crippen molar-refractivity contribution in [2.45, 2.75) is 76.0 Å². The first-order valence-corrected chi connectivity index (χ1v) is 9.90. The number of hydrogen-bond acceptors (Lipinski definition) is 4. The fourth-order valence-corrected chi connectivity index (χ4v) is 3.88. The first kappa shape index (κ1) is 17.2. The third-order valence-electron chi connectivity index (χ3n) is 5.41. The molecule has 0 saturated heterocycles. The monoisotopic (exact) mass is 394 g/mol. The van der Waals surface area contributed by atoms with Crippen LogP contribution in [0.2, 0.25) is 0 Å². The zero-order valence-corrected chi connectivity index (χ0v) is 16.1. The molecule has 28 heavy (non-hydrogen) atoms. The SMILES string of the molecule is [2H]C([2H])(/C=C\C[C@@H]1[C@@H](CC[C@@H](O)CCc2ccccc2)[C@H](O)C[C@@H]1O)C([2H])([2H])CC(=O)O. The minimum absolute atomic E-state index is 0.204. The van der Waals surface area contributed by atoms with Gasteiger partial charge in [-0.05, 0) is 68.7 Å². The molecular weight excluding hydrogens is 356 g/mol. The second kappa shape index (κ2) is 12.0. The molecule has 0 unspecified atom stereocenters. The van der Waals surface area contributed by atoms with Crippen molar-refractivity contribution in [2.75, 3.05) is 0 Å². The Balaban J connectivity index is 1.91. The van der Waals surface area contributed by atoms with Crippen molar-refractivity contribution in [2.24, 2.45) is 11.8 Å². The molecule has 0 radical (unpaired) electrons. The van der Waals surface area contributed by atoms with Gasteiger partial charge >= 0.3 is 5.97 Å². The lowest BCUT2D eigenvalue weighted by Crippen LogP contribution is -2.23. The summed E-state index contributed by atoms with van der Waals surface area (Å²) in [5, 5.41) is 39.9. The van der Waals surface area contributed by atoms with E-state index in [1.165, 1.54) is 6.08 Å². The lowest BCUT2D eigenvalue weighted by atomic mass is 9.85. The quantitative estimate of drug-likeness (QED) is 0.408. The summed E-state index contributed by atoms with van der Waals surface area (Å²) in [6.07, 6.45) is -2.86. The molecule has 2 rings (SSSR count). The van der Waals surface area contributed by atoms with Crippen LogP contribution in [0.3, 0.4) is 0 Å². The average Bonchev–Trinajstić information content (AvgIpc) is 2.97. The van der Waals surface area contributed by atoms with Gasteiger partial charge in [0.2, 0.25) is 0 Å². The molecule has 0 bridgehead atoms. The van der Waals surface area contributed by atoms with Gasteiger partial charge in [0, 0.05) is 11.9 Å². The van der Waals surface area contributed by atoms with Gasteiger partial charge in [0.05, 0.1) is 18.3 Å². The van der Waals surface area contributed by atoms with Gasteiger partial charge in [-0.1, -0.05) is 42.5 Å². The maximum absolute atomic E-state index is 10.8. The first-order valence-electron chi connectivity index (χ1n) is 11.9. The van der Waals surface area contributed by atoms with Crippen molar-refractivity contribution in [1.29, 1.82) is 0 Å². The zero-order chi connectivity index (χ0) is 23.9. The Labute approximate surface area is 173 Å². The number of rotatable bonds is 12. The lowest BCUT2D eigenvalue weighted by Gasteiger charge is -2.23. The summed E-state index contributed by atoms with van der Waals surface area (Å²) < 4.78 is 31.2. The molecule has 0 aromatic heterocycles. The fraction of sp³-hybridized carbons (Fsp3) is 0.609. The molecule has 1 aliphatic rings. The molecule has 4 N–H and O–H groups in total. The van der Waals surface area contributed by atoms with E-state index in [1.54, 1.807) is 0 Å². The molecule has 1 aromatic rings. The summed E-state index contributed by atoms with van der Waals surface area (Å²) >= 11 is 0. The van der Waals surface area contributed by atoms with Crippen LogP contribution in [0.4, 0.5) is 0 Å². The number of allylic oxidation sites excluding steroid dienone is 2. The van der Waals surface area contributed by atoms with Crippen molar-refractivity contribution >= 4 is 5.97 Å². The molecule has 5 nitrogen and oxygen atoms in total. The minimum Gasteiger partial charge on any atom is -0.481 e. The predicted octanol–water partition coefficient (Wildman–Crippen LogP) is 3.32. The van der Waals surface area contributed by atoms with Gasteiger partial charge in [-0.15, -0.1) is 0 Å². The normalized spacial score (nSPS) is 29.1. The largest absolute Gasteiger partial charge is 0.481 e. The number of benzene rings is 1. The first-order chi connectivity index (χ1) is 14.9. The van der Waals surface area contributed by atoms with E-state index in [2.05, 4.69) is 0 Å². The van der Waals surface area contributed by atoms with Crippen molar-refractivity contribution in [1.82, 2.24) is 0 Å². The fourth-order valence-electron chi connectivity index (χ4n) is 3.88. The standard InChI is InChI=1S/C23H34O5/c24-18(13-12-17-8-4-3-5-9-17)14-15-20-19(21(25)16-22(20)26)10-6-1-2-7-11-23(27)28/h1,3-6,8-9,18-22,24-26H,2,7,10-16H2,(H,27,28)/b6-1-/t18-,19+,20+,21-,22+/m0/s1/i2D2,7D2. The van der Waals surface area contributed by atoms with E-state index in [-0.39, 0.29) is 24.7 Å². The summed E-state index contributed by atoms with van der Waals surface area (Å²) in [4.78, 5) is 10.8. The van der Waals surface area contributed by atoms with Gasteiger partial charge in [-0.2, -0.15) is 0 Å². The predicted molar refractivity (Wildman–Crippen MR) is 109 cm³/mol. The third-order valence-corrected chi connectivity index (χ3v) is 5.41. The second-order valence-electron chi connectivity index (χ2n) is 7.48.